The maximum absolute atomic E-state index is 10.8. The van der Waals surface area contributed by atoms with Crippen molar-refractivity contribution in [1.29, 1.82) is 0 Å². The average molecular weight is 266 g/mol. The van der Waals surface area contributed by atoms with E-state index in [4.69, 9.17) is 4.74 Å². The van der Waals surface area contributed by atoms with Crippen LogP contribution in [0.15, 0.2) is 18.2 Å². The molecule has 0 spiro atoms. The predicted octanol–water partition coefficient (Wildman–Crippen LogP) is 3.59. The van der Waals surface area contributed by atoms with Gasteiger partial charge in [0.1, 0.15) is 0 Å². The Labute approximate surface area is 114 Å². The Morgan fingerprint density at radius 2 is 2.05 bits per heavy atom. The molecule has 0 saturated heterocycles. The molecule has 1 N–H and O–H groups in total. The van der Waals surface area contributed by atoms with Crippen molar-refractivity contribution in [3.63, 3.8) is 0 Å². The first-order chi connectivity index (χ1) is 8.95. The Morgan fingerprint density at radius 3 is 2.58 bits per heavy atom. The van der Waals surface area contributed by atoms with Crippen molar-refractivity contribution in [2.75, 3.05) is 11.9 Å². The van der Waals surface area contributed by atoms with E-state index in [-0.39, 0.29) is 16.7 Å². The highest BCUT2D eigenvalue weighted by atomic mass is 16.6. The van der Waals surface area contributed by atoms with Gasteiger partial charge in [0.05, 0.1) is 17.6 Å². The zero-order valence-corrected chi connectivity index (χ0v) is 12.0. The average Bonchev–Trinajstić information content (AvgIpc) is 2.37. The number of non-ortho nitro benzene ring substituents is 1. The topological polar surface area (TPSA) is 64.4 Å². The van der Waals surface area contributed by atoms with Crippen molar-refractivity contribution in [1.82, 2.24) is 0 Å². The van der Waals surface area contributed by atoms with Crippen LogP contribution in [0.1, 0.15) is 33.3 Å². The van der Waals surface area contributed by atoms with E-state index >= 15 is 0 Å². The lowest BCUT2D eigenvalue weighted by atomic mass is 10.1. The summed E-state index contributed by atoms with van der Waals surface area (Å²) in [6, 6.07) is 4.82. The molecule has 0 amide bonds. The summed E-state index contributed by atoms with van der Waals surface area (Å²) in [5.41, 5.74) is 1.81. The summed E-state index contributed by atoms with van der Waals surface area (Å²) in [7, 11) is 0. The lowest BCUT2D eigenvalue weighted by Crippen LogP contribution is -2.15. The summed E-state index contributed by atoms with van der Waals surface area (Å²) in [6.45, 7) is 9.32. The smallest absolute Gasteiger partial charge is 0.269 e. The number of nitrogens with one attached hydrogen (secondary N) is 1. The van der Waals surface area contributed by atoms with Crippen LogP contribution in [0.5, 0.6) is 0 Å². The molecular formula is C14H22N2O3. The minimum Gasteiger partial charge on any atom is -0.385 e. The first-order valence-electron chi connectivity index (χ1n) is 6.58. The first kappa shape index (κ1) is 15.4. The summed E-state index contributed by atoms with van der Waals surface area (Å²) in [4.78, 5) is 10.4. The molecule has 1 atom stereocenters. The first-order valence-corrected chi connectivity index (χ1v) is 6.58. The van der Waals surface area contributed by atoms with Crippen molar-refractivity contribution < 1.29 is 9.66 Å². The fourth-order valence-electron chi connectivity index (χ4n) is 1.59. The standard InChI is InChI=1S/C14H22N2O3/c1-5-15-14-7-6-13(16(17)18)8-12(14)9-19-11(4)10(2)3/h6-8,10-11,15H,5,9H2,1-4H3. The lowest BCUT2D eigenvalue weighted by molar-refractivity contribution is -0.384. The fourth-order valence-corrected chi connectivity index (χ4v) is 1.59. The fraction of sp³-hybridized carbons (Fsp3) is 0.571. The highest BCUT2D eigenvalue weighted by molar-refractivity contribution is 5.55. The summed E-state index contributed by atoms with van der Waals surface area (Å²) in [5, 5.41) is 14.0. The second-order valence-electron chi connectivity index (χ2n) is 4.89. The van der Waals surface area contributed by atoms with Gasteiger partial charge in [-0.05, 0) is 25.8 Å². The Balaban J connectivity index is 2.87. The van der Waals surface area contributed by atoms with E-state index in [1.807, 2.05) is 13.8 Å². The third kappa shape index (κ3) is 4.52. The zero-order chi connectivity index (χ0) is 14.4. The molecule has 1 aromatic carbocycles. The summed E-state index contributed by atoms with van der Waals surface area (Å²) < 4.78 is 5.75. The van der Waals surface area contributed by atoms with Crippen molar-refractivity contribution in [3.8, 4) is 0 Å². The minimum absolute atomic E-state index is 0.0949. The molecule has 0 heterocycles. The molecule has 19 heavy (non-hydrogen) atoms. The van der Waals surface area contributed by atoms with Crippen LogP contribution in [0.3, 0.4) is 0 Å². The molecule has 0 saturated carbocycles. The van der Waals surface area contributed by atoms with Gasteiger partial charge in [0.25, 0.3) is 5.69 Å². The second kappa shape index (κ2) is 7.09. The SMILES string of the molecule is CCNc1ccc([N+](=O)[O-])cc1COC(C)C(C)C. The Bertz CT molecular complexity index is 433. The second-order valence-corrected chi connectivity index (χ2v) is 4.89. The van der Waals surface area contributed by atoms with Gasteiger partial charge in [-0.2, -0.15) is 0 Å². The van der Waals surface area contributed by atoms with Crippen molar-refractivity contribution in [2.24, 2.45) is 5.92 Å². The number of hydrogen-bond donors (Lipinski definition) is 1. The highest BCUT2D eigenvalue weighted by Gasteiger charge is 2.13. The van der Waals surface area contributed by atoms with Gasteiger partial charge < -0.3 is 10.1 Å². The van der Waals surface area contributed by atoms with Crippen LogP contribution in [0, 0.1) is 16.0 Å². The van der Waals surface area contributed by atoms with Crippen molar-refractivity contribution >= 4 is 11.4 Å². The molecule has 1 aromatic rings. The van der Waals surface area contributed by atoms with Crippen molar-refractivity contribution in [2.45, 2.75) is 40.4 Å². The molecule has 0 fully saturated rings. The zero-order valence-electron chi connectivity index (χ0n) is 12.0. The molecule has 0 aliphatic heterocycles. The third-order valence-corrected chi connectivity index (χ3v) is 3.11. The molecule has 0 aliphatic rings. The van der Waals surface area contributed by atoms with Crippen LogP contribution >= 0.6 is 0 Å². The van der Waals surface area contributed by atoms with E-state index < -0.39 is 0 Å². The van der Waals surface area contributed by atoms with E-state index in [0.29, 0.717) is 12.5 Å². The number of benzene rings is 1. The van der Waals surface area contributed by atoms with Crippen LogP contribution in [-0.4, -0.2) is 17.6 Å². The minimum atomic E-state index is -0.384. The Kier molecular flexibility index (Phi) is 5.76. The van der Waals surface area contributed by atoms with Crippen LogP contribution < -0.4 is 5.32 Å². The summed E-state index contributed by atoms with van der Waals surface area (Å²) in [6.07, 6.45) is 0.119. The molecular weight excluding hydrogens is 244 g/mol. The number of nitro benzene ring substituents is 1. The molecule has 106 valence electrons. The molecule has 0 bridgehead atoms. The normalized spacial score (nSPS) is 12.5. The van der Waals surface area contributed by atoms with Gasteiger partial charge in [-0.25, -0.2) is 0 Å². The number of nitro groups is 1. The van der Waals surface area contributed by atoms with Gasteiger partial charge in [-0.15, -0.1) is 0 Å². The van der Waals surface area contributed by atoms with Crippen LogP contribution in [0.25, 0.3) is 0 Å². The monoisotopic (exact) mass is 266 g/mol. The number of rotatable bonds is 7. The van der Waals surface area contributed by atoms with Gasteiger partial charge in [0, 0.05) is 29.9 Å². The summed E-state index contributed by atoms with van der Waals surface area (Å²) in [5.74, 6) is 0.418. The molecule has 5 nitrogen and oxygen atoms in total. The number of hydrogen-bond acceptors (Lipinski definition) is 4. The van der Waals surface area contributed by atoms with E-state index in [9.17, 15) is 10.1 Å². The number of ether oxygens (including phenoxy) is 1. The highest BCUT2D eigenvalue weighted by Crippen LogP contribution is 2.23. The lowest BCUT2D eigenvalue weighted by Gasteiger charge is -2.18. The van der Waals surface area contributed by atoms with Gasteiger partial charge >= 0.3 is 0 Å². The number of nitrogens with zero attached hydrogens (tertiary/aromatic N) is 1. The summed E-state index contributed by atoms with van der Waals surface area (Å²) >= 11 is 0. The van der Waals surface area contributed by atoms with Gasteiger partial charge in [0.15, 0.2) is 0 Å². The van der Waals surface area contributed by atoms with Gasteiger partial charge in [-0.3, -0.25) is 10.1 Å². The molecule has 0 radical (unpaired) electrons. The van der Waals surface area contributed by atoms with E-state index in [2.05, 4.69) is 19.2 Å². The van der Waals surface area contributed by atoms with E-state index in [0.717, 1.165) is 17.8 Å². The van der Waals surface area contributed by atoms with Crippen molar-refractivity contribution in [3.05, 3.63) is 33.9 Å². The largest absolute Gasteiger partial charge is 0.385 e. The van der Waals surface area contributed by atoms with Crippen LogP contribution in [-0.2, 0) is 11.3 Å². The van der Waals surface area contributed by atoms with Crippen LogP contribution in [0.4, 0.5) is 11.4 Å². The molecule has 1 rings (SSSR count). The third-order valence-electron chi connectivity index (χ3n) is 3.11. The predicted molar refractivity (Wildman–Crippen MR) is 76.3 cm³/mol. The quantitative estimate of drug-likeness (QED) is 0.605. The van der Waals surface area contributed by atoms with Gasteiger partial charge in [0.2, 0.25) is 0 Å². The molecule has 5 heteroatoms. The molecule has 0 aromatic heterocycles. The van der Waals surface area contributed by atoms with Crippen LogP contribution in [0.2, 0.25) is 0 Å². The number of anilines is 1. The Morgan fingerprint density at radius 1 is 1.37 bits per heavy atom. The van der Waals surface area contributed by atoms with Gasteiger partial charge in [-0.1, -0.05) is 13.8 Å². The Hall–Kier alpha value is -1.62. The van der Waals surface area contributed by atoms with E-state index in [1.54, 1.807) is 12.1 Å². The molecule has 0 aliphatic carbocycles. The molecule has 1 unspecified atom stereocenters. The van der Waals surface area contributed by atoms with E-state index in [1.165, 1.54) is 6.07 Å². The maximum atomic E-state index is 10.8. The maximum Gasteiger partial charge on any atom is 0.269 e.